The number of rotatable bonds is 17. The first-order chi connectivity index (χ1) is 34.3. The van der Waals surface area contributed by atoms with Crippen LogP contribution in [0.1, 0.15) is 108 Å². The number of aliphatic imine (C=N–C) groups is 1. The first kappa shape index (κ1) is 54.5. The molecule has 71 heavy (non-hydrogen) atoms. The number of thiol groups is 1. The minimum Gasteiger partial charge on any atom is -0.370 e. The molecule has 1 saturated carbocycles. The highest BCUT2D eigenvalue weighted by Gasteiger charge is 2.39. The second kappa shape index (κ2) is 27.7. The van der Waals surface area contributed by atoms with E-state index in [1.54, 1.807) is 0 Å². The summed E-state index contributed by atoms with van der Waals surface area (Å²) in [6.45, 7) is 2.21. The molecule has 2 saturated heterocycles. The average molecular weight is 998 g/mol. The number of benzene rings is 2. The summed E-state index contributed by atoms with van der Waals surface area (Å²) in [5.74, 6) is -3.32. The molecule has 2 aliphatic heterocycles. The van der Waals surface area contributed by atoms with Gasteiger partial charge in [-0.3, -0.25) is 33.8 Å². The van der Waals surface area contributed by atoms with Crippen LogP contribution in [0, 0.1) is 11.8 Å². The fraction of sp³-hybridized carbons (Fsp3) is 0.577. The lowest BCUT2D eigenvalue weighted by atomic mass is 9.82. The fourth-order valence-corrected chi connectivity index (χ4v) is 10.8. The van der Waals surface area contributed by atoms with E-state index in [4.69, 9.17) is 24.1 Å². The molecule has 2 aromatic carbocycles. The van der Waals surface area contributed by atoms with E-state index in [0.29, 0.717) is 25.8 Å². The van der Waals surface area contributed by atoms with Crippen molar-refractivity contribution in [3.63, 3.8) is 0 Å². The van der Waals surface area contributed by atoms with E-state index in [-0.39, 0.29) is 99.3 Å². The zero-order valence-corrected chi connectivity index (χ0v) is 41.9. The number of para-hydroxylation sites is 1. The lowest BCUT2D eigenvalue weighted by Crippen LogP contribution is -2.60. The molecular weight excluding hydrogens is 923 g/mol. The van der Waals surface area contributed by atoms with Gasteiger partial charge in [-0.25, -0.2) is 0 Å². The molecule has 0 bridgehead atoms. The van der Waals surface area contributed by atoms with Gasteiger partial charge in [-0.1, -0.05) is 80.6 Å². The molecule has 3 aliphatic rings. The van der Waals surface area contributed by atoms with Crippen molar-refractivity contribution < 1.29 is 33.6 Å². The molecule has 386 valence electrons. The normalized spacial score (nSPS) is 25.9. The smallest absolute Gasteiger partial charge is 0.243 e. The zero-order valence-electron chi connectivity index (χ0n) is 41.0. The number of aldehydes is 1. The first-order valence-corrected chi connectivity index (χ1v) is 26.0. The van der Waals surface area contributed by atoms with Crippen molar-refractivity contribution in [2.75, 3.05) is 19.6 Å². The largest absolute Gasteiger partial charge is 0.370 e. The average Bonchev–Trinajstić information content (AvgIpc) is 3.99. The van der Waals surface area contributed by atoms with Gasteiger partial charge in [-0.05, 0) is 74.5 Å². The number of nitrogens with one attached hydrogen (secondary N) is 8. The van der Waals surface area contributed by atoms with Gasteiger partial charge >= 0.3 is 0 Å². The molecular formula is C52H75N11O7S. The van der Waals surface area contributed by atoms with Gasteiger partial charge in [0, 0.05) is 86.2 Å². The molecule has 19 heteroatoms. The number of amides is 5. The van der Waals surface area contributed by atoms with Gasteiger partial charge in [0.25, 0.3) is 0 Å². The van der Waals surface area contributed by atoms with Gasteiger partial charge in [0.2, 0.25) is 29.5 Å². The SMILES string of the molecule is CC(=O)N[C@@H](Cc1ccccc1)C(=O)N[C@H]1CCCNC(=O)[C@H](CCCN=C(N)N)NC(=O)[C@H](Cc2c[nH]c3ccccc23)NC(=O)[C@@H](CC2CCCCC2)NC([C@@H]2C[C@H](S)CN2)CC(CCC=O)C1=O. The Morgan fingerprint density at radius 1 is 0.859 bits per heavy atom. The highest BCUT2D eigenvalue weighted by molar-refractivity contribution is 7.81. The number of ketones is 1. The van der Waals surface area contributed by atoms with Crippen molar-refractivity contribution in [2.45, 2.75) is 157 Å². The molecule has 12 N–H and O–H groups in total. The second-order valence-electron chi connectivity index (χ2n) is 19.6. The fourth-order valence-electron chi connectivity index (χ4n) is 10.5. The number of hydrogen-bond acceptors (Lipinski definition) is 11. The molecule has 9 atom stereocenters. The van der Waals surface area contributed by atoms with Crippen LogP contribution in [0.5, 0.6) is 0 Å². The van der Waals surface area contributed by atoms with Crippen molar-refractivity contribution in [1.82, 2.24) is 42.2 Å². The van der Waals surface area contributed by atoms with Gasteiger partial charge in [0.15, 0.2) is 11.7 Å². The quantitative estimate of drug-likeness (QED) is 0.0307. The van der Waals surface area contributed by atoms with Gasteiger partial charge in [0.05, 0.1) is 12.1 Å². The van der Waals surface area contributed by atoms with E-state index in [9.17, 15) is 24.0 Å². The number of aromatic amines is 1. The Labute approximate surface area is 422 Å². The van der Waals surface area contributed by atoms with Crippen LogP contribution in [0.3, 0.4) is 0 Å². The lowest BCUT2D eigenvalue weighted by Gasteiger charge is -2.35. The highest BCUT2D eigenvalue weighted by Crippen LogP contribution is 2.30. The van der Waals surface area contributed by atoms with E-state index < -0.39 is 65.8 Å². The summed E-state index contributed by atoms with van der Waals surface area (Å²) in [5, 5.41) is 23.0. The van der Waals surface area contributed by atoms with Crippen molar-refractivity contribution in [1.29, 1.82) is 0 Å². The standard InChI is InChI=1S/C52H75N11O7S/c1-32(65)59-44(25-33-13-4-2-5-14-33)49(68)61-40-20-10-22-55-48(67)41(21-11-23-56-52(53)54)62-51(70)46(28-36-30-57-39-19-9-8-18-38(36)39)63-50(69)45(26-34-15-6-3-7-16-34)60-43(42-29-37(71)31-58-42)27-35(47(40)66)17-12-24-64/h2,4-5,8-9,13-14,18-19,24,30,34-35,37,40-46,57-58,60,71H,3,6-7,10-12,15-17,20-23,25-29,31H2,1H3,(H,55,67)(H,59,65)(H,61,68)(H,62,70)(H,63,69)(H4,53,54,56)/t35?,37-,40-,41-,42-,43?,44-,45+,46-/m0/s1. The summed E-state index contributed by atoms with van der Waals surface area (Å²) in [6.07, 6.45) is 10.5. The third-order valence-corrected chi connectivity index (χ3v) is 14.5. The Bertz CT molecular complexity index is 2280. The molecule has 6 rings (SSSR count). The number of nitrogens with two attached hydrogens (primary N) is 2. The number of fused-ring (bicyclic) bond motifs is 1. The minimum absolute atomic E-state index is 0.0128. The molecule has 18 nitrogen and oxygen atoms in total. The summed E-state index contributed by atoms with van der Waals surface area (Å²) in [7, 11) is 0. The van der Waals surface area contributed by atoms with Crippen molar-refractivity contribution in [3.05, 3.63) is 71.9 Å². The molecule has 3 heterocycles. The Morgan fingerprint density at radius 2 is 1.59 bits per heavy atom. The maximum absolute atomic E-state index is 15.2. The topological polar surface area (TPSA) is 284 Å². The maximum atomic E-state index is 15.2. The van der Waals surface area contributed by atoms with Crippen LogP contribution in [0.15, 0.2) is 65.8 Å². The molecule has 0 spiro atoms. The van der Waals surface area contributed by atoms with Crippen LogP contribution in [0.2, 0.25) is 0 Å². The maximum Gasteiger partial charge on any atom is 0.243 e. The van der Waals surface area contributed by atoms with Gasteiger partial charge in [-0.15, -0.1) is 0 Å². The number of nitrogens with zero attached hydrogens (tertiary/aromatic N) is 1. The third-order valence-electron chi connectivity index (χ3n) is 14.1. The Balaban J connectivity index is 1.39. The van der Waals surface area contributed by atoms with Crippen LogP contribution in [-0.2, 0) is 46.4 Å². The summed E-state index contributed by atoms with van der Waals surface area (Å²) in [4.78, 5) is 105. The lowest BCUT2D eigenvalue weighted by molar-refractivity contribution is -0.133. The van der Waals surface area contributed by atoms with Crippen LogP contribution < -0.4 is 48.7 Å². The summed E-state index contributed by atoms with van der Waals surface area (Å²) in [5.41, 5.74) is 13.7. The van der Waals surface area contributed by atoms with E-state index in [1.165, 1.54) is 6.92 Å². The number of guanidine groups is 1. The van der Waals surface area contributed by atoms with Crippen LogP contribution in [-0.4, -0.2) is 120 Å². The van der Waals surface area contributed by atoms with Gasteiger partial charge in [0.1, 0.15) is 24.4 Å². The Kier molecular flexibility index (Phi) is 21.3. The summed E-state index contributed by atoms with van der Waals surface area (Å²) in [6, 6.07) is 11.2. The number of H-pyrrole nitrogens is 1. The molecule has 5 amide bonds. The zero-order chi connectivity index (χ0) is 50.7. The summed E-state index contributed by atoms with van der Waals surface area (Å²) >= 11 is 4.81. The highest BCUT2D eigenvalue weighted by atomic mass is 32.1. The van der Waals surface area contributed by atoms with Crippen LogP contribution in [0.4, 0.5) is 0 Å². The van der Waals surface area contributed by atoms with Crippen molar-refractivity contribution >= 4 is 71.1 Å². The molecule has 1 aromatic heterocycles. The molecule has 3 fully saturated rings. The predicted molar refractivity (Wildman–Crippen MR) is 277 cm³/mol. The van der Waals surface area contributed by atoms with Crippen molar-refractivity contribution in [3.8, 4) is 0 Å². The van der Waals surface area contributed by atoms with Crippen LogP contribution in [0.25, 0.3) is 10.9 Å². The molecule has 1 aliphatic carbocycles. The number of carbonyl (C=O) groups excluding carboxylic acids is 7. The van der Waals surface area contributed by atoms with Crippen LogP contribution >= 0.6 is 12.6 Å². The monoisotopic (exact) mass is 998 g/mol. The van der Waals surface area contributed by atoms with E-state index >= 15 is 9.59 Å². The molecule has 3 aromatic rings. The third kappa shape index (κ3) is 16.9. The molecule has 2 unspecified atom stereocenters. The molecule has 0 radical (unpaired) electrons. The van der Waals surface area contributed by atoms with Gasteiger partial charge < -0.3 is 58.5 Å². The Morgan fingerprint density at radius 3 is 2.31 bits per heavy atom. The summed E-state index contributed by atoms with van der Waals surface area (Å²) < 4.78 is 0. The van der Waals surface area contributed by atoms with E-state index in [2.05, 4.69) is 47.2 Å². The number of Topliss-reactive ketones (excluding diaryl/α,β-unsaturated/α-hetero) is 1. The van der Waals surface area contributed by atoms with Gasteiger partial charge in [-0.2, -0.15) is 12.6 Å². The Hall–Kier alpha value is -5.79. The predicted octanol–water partition coefficient (Wildman–Crippen LogP) is 2.39. The number of aromatic nitrogens is 1. The van der Waals surface area contributed by atoms with E-state index in [0.717, 1.165) is 60.4 Å². The number of carbonyl (C=O) groups is 7. The van der Waals surface area contributed by atoms with E-state index in [1.807, 2.05) is 60.8 Å². The number of hydrogen-bond donors (Lipinski definition) is 11. The van der Waals surface area contributed by atoms with Crippen molar-refractivity contribution in [2.24, 2.45) is 28.3 Å². The second-order valence-corrected chi connectivity index (χ2v) is 20.4. The first-order valence-electron chi connectivity index (χ1n) is 25.5. The minimum atomic E-state index is -1.09.